The van der Waals surface area contributed by atoms with Crippen LogP contribution in [0.4, 0.5) is 0 Å². The first kappa shape index (κ1) is 12.5. The highest BCUT2D eigenvalue weighted by Crippen LogP contribution is 2.28. The second kappa shape index (κ2) is 5.26. The van der Waals surface area contributed by atoms with Gasteiger partial charge in [-0.1, -0.05) is 6.07 Å². The Hall–Kier alpha value is -1.26. The molecule has 0 radical (unpaired) electrons. The summed E-state index contributed by atoms with van der Waals surface area (Å²) in [6.07, 6.45) is 8.30. The molecule has 1 N–H and O–H groups in total. The van der Waals surface area contributed by atoms with Crippen LogP contribution in [0.3, 0.4) is 0 Å². The maximum absolute atomic E-state index is 4.78. The highest BCUT2D eigenvalue weighted by Gasteiger charge is 2.25. The molecule has 0 aliphatic heterocycles. The van der Waals surface area contributed by atoms with Crippen molar-refractivity contribution >= 4 is 11.3 Å². The molecule has 1 atom stereocenters. The minimum absolute atomic E-state index is 0.763. The molecule has 1 saturated carbocycles. The molecule has 1 fully saturated rings. The number of nitrogens with one attached hydrogen (secondary N) is 1. The summed E-state index contributed by atoms with van der Waals surface area (Å²) >= 11 is 1.71. The molecule has 0 saturated heterocycles. The maximum Gasteiger partial charge on any atom is 0.169 e. The van der Waals surface area contributed by atoms with Crippen LogP contribution in [0.25, 0.3) is 10.7 Å². The third kappa shape index (κ3) is 2.63. The topological polar surface area (TPSA) is 37.8 Å². The Morgan fingerprint density at radius 2 is 2.25 bits per heavy atom. The SMILES string of the molecule is c1csc(-c2ncc3c(n2)CCC(CNC2CC2)C3)c1. The Bertz CT molecular complexity index is 590. The Labute approximate surface area is 123 Å². The van der Waals surface area contributed by atoms with Crippen molar-refractivity contribution in [2.75, 3.05) is 6.54 Å². The van der Waals surface area contributed by atoms with Crippen LogP contribution in [-0.4, -0.2) is 22.6 Å². The number of hydrogen-bond donors (Lipinski definition) is 1. The molecular formula is C16H19N3S. The van der Waals surface area contributed by atoms with E-state index < -0.39 is 0 Å². The van der Waals surface area contributed by atoms with Crippen molar-refractivity contribution in [3.05, 3.63) is 35.0 Å². The lowest BCUT2D eigenvalue weighted by molar-refractivity contribution is 0.418. The first-order chi connectivity index (χ1) is 9.88. The van der Waals surface area contributed by atoms with Crippen LogP contribution in [0.1, 0.15) is 30.5 Å². The zero-order valence-corrected chi connectivity index (χ0v) is 12.3. The lowest BCUT2D eigenvalue weighted by Crippen LogP contribution is -2.29. The summed E-state index contributed by atoms with van der Waals surface area (Å²) in [5, 5.41) is 5.73. The lowest BCUT2D eigenvalue weighted by atomic mass is 9.87. The van der Waals surface area contributed by atoms with Gasteiger partial charge in [0.15, 0.2) is 5.82 Å². The van der Waals surface area contributed by atoms with Crippen LogP contribution in [0.2, 0.25) is 0 Å². The molecule has 0 bridgehead atoms. The third-order valence-electron chi connectivity index (χ3n) is 4.27. The molecule has 2 heterocycles. The van der Waals surface area contributed by atoms with Gasteiger partial charge in [0.05, 0.1) is 4.88 Å². The van der Waals surface area contributed by atoms with Crippen molar-refractivity contribution in [1.82, 2.24) is 15.3 Å². The number of rotatable bonds is 4. The van der Waals surface area contributed by atoms with E-state index in [4.69, 9.17) is 4.98 Å². The lowest BCUT2D eigenvalue weighted by Gasteiger charge is -2.24. The van der Waals surface area contributed by atoms with E-state index in [9.17, 15) is 0 Å². The van der Waals surface area contributed by atoms with Gasteiger partial charge in [0.25, 0.3) is 0 Å². The van der Waals surface area contributed by atoms with Gasteiger partial charge < -0.3 is 5.32 Å². The Kier molecular flexibility index (Phi) is 3.28. The third-order valence-corrected chi connectivity index (χ3v) is 5.13. The molecule has 3 nitrogen and oxygen atoms in total. The Morgan fingerprint density at radius 1 is 1.30 bits per heavy atom. The summed E-state index contributed by atoms with van der Waals surface area (Å²) < 4.78 is 0. The fourth-order valence-electron chi connectivity index (χ4n) is 2.90. The minimum Gasteiger partial charge on any atom is -0.314 e. The second-order valence-electron chi connectivity index (χ2n) is 5.93. The number of fused-ring (bicyclic) bond motifs is 1. The van der Waals surface area contributed by atoms with Crippen LogP contribution in [-0.2, 0) is 12.8 Å². The second-order valence-corrected chi connectivity index (χ2v) is 6.88. The molecule has 0 aromatic carbocycles. The molecule has 4 heteroatoms. The van der Waals surface area contributed by atoms with E-state index in [1.54, 1.807) is 11.3 Å². The number of nitrogens with zero attached hydrogens (tertiary/aromatic N) is 2. The maximum atomic E-state index is 4.78. The summed E-state index contributed by atoms with van der Waals surface area (Å²) in [5.74, 6) is 1.66. The molecule has 104 valence electrons. The summed E-state index contributed by atoms with van der Waals surface area (Å²) in [7, 11) is 0. The standard InChI is InChI=1S/C16H19N3S/c1-2-15(20-7-1)16-18-10-12-8-11(3-6-14(12)19-16)9-17-13-4-5-13/h1-2,7,10-11,13,17H,3-6,8-9H2. The van der Waals surface area contributed by atoms with Crippen molar-refractivity contribution in [2.24, 2.45) is 5.92 Å². The first-order valence-corrected chi connectivity index (χ1v) is 8.38. The molecule has 0 spiro atoms. The van der Waals surface area contributed by atoms with Crippen molar-refractivity contribution in [3.63, 3.8) is 0 Å². The van der Waals surface area contributed by atoms with Crippen LogP contribution in [0, 0.1) is 5.92 Å². The highest BCUT2D eigenvalue weighted by molar-refractivity contribution is 7.13. The summed E-state index contributed by atoms with van der Waals surface area (Å²) in [6, 6.07) is 4.97. The largest absolute Gasteiger partial charge is 0.314 e. The van der Waals surface area contributed by atoms with Crippen molar-refractivity contribution in [2.45, 2.75) is 38.1 Å². The van der Waals surface area contributed by atoms with Crippen molar-refractivity contribution in [1.29, 1.82) is 0 Å². The molecule has 20 heavy (non-hydrogen) atoms. The van der Waals surface area contributed by atoms with Crippen molar-refractivity contribution in [3.8, 4) is 10.7 Å². The van der Waals surface area contributed by atoms with Crippen LogP contribution < -0.4 is 5.32 Å². The van der Waals surface area contributed by atoms with E-state index in [0.717, 1.165) is 37.2 Å². The number of thiophene rings is 1. The van der Waals surface area contributed by atoms with Crippen LogP contribution in [0.5, 0.6) is 0 Å². The number of aryl methyl sites for hydroxylation is 1. The normalized spacial score (nSPS) is 21.7. The van der Waals surface area contributed by atoms with Crippen molar-refractivity contribution < 1.29 is 0 Å². The van der Waals surface area contributed by atoms with Gasteiger partial charge in [0.1, 0.15) is 0 Å². The predicted octanol–water partition coefficient (Wildman–Crippen LogP) is 3.06. The zero-order valence-electron chi connectivity index (χ0n) is 11.5. The molecule has 2 aliphatic rings. The molecule has 2 aromatic rings. The quantitative estimate of drug-likeness (QED) is 0.938. The highest BCUT2D eigenvalue weighted by atomic mass is 32.1. The van der Waals surface area contributed by atoms with Gasteiger partial charge in [-0.05, 0) is 61.6 Å². The Balaban J connectivity index is 1.48. The molecule has 2 aliphatic carbocycles. The van der Waals surface area contributed by atoms with E-state index in [-0.39, 0.29) is 0 Å². The van der Waals surface area contributed by atoms with Gasteiger partial charge in [-0.15, -0.1) is 11.3 Å². The molecule has 4 rings (SSSR count). The average molecular weight is 285 g/mol. The van der Waals surface area contributed by atoms with Gasteiger partial charge in [-0.3, -0.25) is 0 Å². The molecule has 2 aromatic heterocycles. The fourth-order valence-corrected chi connectivity index (χ4v) is 3.57. The van der Waals surface area contributed by atoms with E-state index >= 15 is 0 Å². The van der Waals surface area contributed by atoms with Gasteiger partial charge in [-0.2, -0.15) is 0 Å². The monoisotopic (exact) mass is 285 g/mol. The van der Waals surface area contributed by atoms with E-state index in [2.05, 4.69) is 34.0 Å². The average Bonchev–Trinajstić information content (AvgIpc) is 3.16. The van der Waals surface area contributed by atoms with E-state index in [1.165, 1.54) is 35.4 Å². The number of hydrogen-bond acceptors (Lipinski definition) is 4. The zero-order chi connectivity index (χ0) is 13.4. The predicted molar refractivity (Wildman–Crippen MR) is 81.9 cm³/mol. The van der Waals surface area contributed by atoms with Gasteiger partial charge >= 0.3 is 0 Å². The number of aromatic nitrogens is 2. The smallest absolute Gasteiger partial charge is 0.169 e. The summed E-state index contributed by atoms with van der Waals surface area (Å²) in [4.78, 5) is 10.5. The molecule has 1 unspecified atom stereocenters. The minimum atomic E-state index is 0.763. The van der Waals surface area contributed by atoms with E-state index in [1.807, 2.05) is 0 Å². The fraction of sp³-hybridized carbons (Fsp3) is 0.500. The molecular weight excluding hydrogens is 266 g/mol. The molecule has 0 amide bonds. The summed E-state index contributed by atoms with van der Waals surface area (Å²) in [6.45, 7) is 1.16. The van der Waals surface area contributed by atoms with Crippen LogP contribution in [0.15, 0.2) is 23.7 Å². The van der Waals surface area contributed by atoms with Gasteiger partial charge in [-0.25, -0.2) is 9.97 Å². The van der Waals surface area contributed by atoms with E-state index in [0.29, 0.717) is 0 Å². The van der Waals surface area contributed by atoms with Gasteiger partial charge in [0, 0.05) is 17.9 Å². The summed E-state index contributed by atoms with van der Waals surface area (Å²) in [5.41, 5.74) is 2.63. The first-order valence-electron chi connectivity index (χ1n) is 7.50. The Morgan fingerprint density at radius 3 is 3.05 bits per heavy atom. The van der Waals surface area contributed by atoms with Crippen LogP contribution >= 0.6 is 11.3 Å². The van der Waals surface area contributed by atoms with Gasteiger partial charge in [0.2, 0.25) is 0 Å².